The monoisotopic (exact) mass is 275 g/mol. The molecule has 0 aliphatic rings. The van der Waals surface area contributed by atoms with Crippen LogP contribution in [-0.2, 0) is 0 Å². The van der Waals surface area contributed by atoms with Crippen molar-refractivity contribution < 1.29 is 0 Å². The van der Waals surface area contributed by atoms with Crippen molar-refractivity contribution in [1.29, 1.82) is 0 Å². The van der Waals surface area contributed by atoms with Crippen LogP contribution < -0.4 is 10.6 Å². The molecular weight excluding hydrogens is 257 g/mol. The zero-order valence-corrected chi connectivity index (χ0v) is 12.2. The number of nitrogens with one attached hydrogen (secondary N) is 2. The van der Waals surface area contributed by atoms with Gasteiger partial charge in [-0.3, -0.25) is 0 Å². The Hall–Kier alpha value is -0.670. The molecule has 0 aromatic carbocycles. The Morgan fingerprint density at radius 2 is 1.71 bits per heavy atom. The summed E-state index contributed by atoms with van der Waals surface area (Å²) in [5.74, 6) is 1.31. The van der Waals surface area contributed by atoms with E-state index in [2.05, 4.69) is 36.4 Å². The maximum atomic E-state index is 6.14. The van der Waals surface area contributed by atoms with Crippen molar-refractivity contribution in [1.82, 2.24) is 4.98 Å². The summed E-state index contributed by atoms with van der Waals surface area (Å²) >= 11 is 12.1. The molecule has 1 aromatic heterocycles. The maximum absolute atomic E-state index is 6.14. The van der Waals surface area contributed by atoms with Crippen LogP contribution in [0.3, 0.4) is 0 Å². The molecule has 5 heteroatoms. The van der Waals surface area contributed by atoms with Gasteiger partial charge in [0.25, 0.3) is 0 Å². The lowest BCUT2D eigenvalue weighted by Gasteiger charge is -2.29. The van der Waals surface area contributed by atoms with Gasteiger partial charge in [-0.15, -0.1) is 0 Å². The van der Waals surface area contributed by atoms with E-state index in [4.69, 9.17) is 23.2 Å². The summed E-state index contributed by atoms with van der Waals surface area (Å²) in [6.07, 6.45) is 2.00. The molecule has 2 N–H and O–H groups in total. The molecule has 1 aromatic rings. The standard InChI is InChI=1S/C12H19Cl2N3/c1-5-12(3,6-2)17-11-9(14)7-8(13)10(15-4)16-11/h7H,5-6H2,1-4H3,(H2,15,16,17). The number of anilines is 2. The number of aromatic nitrogens is 1. The van der Waals surface area contributed by atoms with Crippen LogP contribution >= 0.6 is 23.2 Å². The van der Waals surface area contributed by atoms with Gasteiger partial charge in [-0.2, -0.15) is 0 Å². The molecule has 0 bridgehead atoms. The summed E-state index contributed by atoms with van der Waals surface area (Å²) in [5, 5.41) is 7.40. The van der Waals surface area contributed by atoms with Crippen LogP contribution in [0.25, 0.3) is 0 Å². The second-order valence-corrected chi connectivity index (χ2v) is 5.11. The Morgan fingerprint density at radius 3 is 2.18 bits per heavy atom. The van der Waals surface area contributed by atoms with Gasteiger partial charge in [-0.1, -0.05) is 37.0 Å². The fourth-order valence-corrected chi connectivity index (χ4v) is 1.94. The fraction of sp³-hybridized carbons (Fsp3) is 0.583. The molecule has 0 atom stereocenters. The Kier molecular flexibility index (Phi) is 4.90. The minimum absolute atomic E-state index is 0.00448. The van der Waals surface area contributed by atoms with Crippen molar-refractivity contribution in [3.8, 4) is 0 Å². The Morgan fingerprint density at radius 1 is 1.18 bits per heavy atom. The molecule has 3 nitrogen and oxygen atoms in total. The molecule has 0 saturated carbocycles. The quantitative estimate of drug-likeness (QED) is 0.835. The minimum atomic E-state index is -0.00448. The Bertz CT molecular complexity index is 390. The van der Waals surface area contributed by atoms with Crippen molar-refractivity contribution in [2.75, 3.05) is 17.7 Å². The van der Waals surface area contributed by atoms with E-state index in [0.717, 1.165) is 12.8 Å². The number of rotatable bonds is 5. The van der Waals surface area contributed by atoms with E-state index in [1.54, 1.807) is 13.1 Å². The van der Waals surface area contributed by atoms with Gasteiger partial charge in [0.05, 0.1) is 10.0 Å². The third kappa shape index (κ3) is 3.39. The molecule has 1 rings (SSSR count). The molecule has 17 heavy (non-hydrogen) atoms. The Balaban J connectivity index is 3.06. The van der Waals surface area contributed by atoms with Crippen LogP contribution in [0, 0.1) is 0 Å². The molecule has 0 amide bonds. The van der Waals surface area contributed by atoms with Crippen LogP contribution in [-0.4, -0.2) is 17.6 Å². The minimum Gasteiger partial charge on any atom is -0.372 e. The largest absolute Gasteiger partial charge is 0.372 e. The van der Waals surface area contributed by atoms with E-state index in [0.29, 0.717) is 21.7 Å². The van der Waals surface area contributed by atoms with E-state index in [1.807, 2.05) is 0 Å². The van der Waals surface area contributed by atoms with Crippen molar-refractivity contribution in [3.05, 3.63) is 16.1 Å². The first-order chi connectivity index (χ1) is 7.95. The van der Waals surface area contributed by atoms with Gasteiger partial charge in [0.2, 0.25) is 0 Å². The van der Waals surface area contributed by atoms with E-state index in [-0.39, 0.29) is 5.54 Å². The van der Waals surface area contributed by atoms with E-state index < -0.39 is 0 Å². The van der Waals surface area contributed by atoms with E-state index >= 15 is 0 Å². The fourth-order valence-electron chi connectivity index (χ4n) is 1.44. The molecule has 0 fully saturated rings. The van der Waals surface area contributed by atoms with Gasteiger partial charge in [-0.05, 0) is 25.8 Å². The van der Waals surface area contributed by atoms with Crippen LogP contribution in [0.4, 0.5) is 11.6 Å². The SMILES string of the molecule is CCC(C)(CC)Nc1nc(NC)c(Cl)cc1Cl. The van der Waals surface area contributed by atoms with Gasteiger partial charge >= 0.3 is 0 Å². The third-order valence-electron chi connectivity index (χ3n) is 3.15. The average molecular weight is 276 g/mol. The van der Waals surface area contributed by atoms with Crippen LogP contribution in [0.5, 0.6) is 0 Å². The predicted molar refractivity (Wildman–Crippen MR) is 76.4 cm³/mol. The van der Waals surface area contributed by atoms with Gasteiger partial charge in [-0.25, -0.2) is 4.98 Å². The molecule has 0 spiro atoms. The highest BCUT2D eigenvalue weighted by atomic mass is 35.5. The second kappa shape index (κ2) is 5.78. The molecule has 1 heterocycles. The highest BCUT2D eigenvalue weighted by Gasteiger charge is 2.21. The maximum Gasteiger partial charge on any atom is 0.147 e. The normalized spacial score (nSPS) is 11.4. The average Bonchev–Trinajstić information content (AvgIpc) is 2.32. The highest BCUT2D eigenvalue weighted by molar-refractivity contribution is 6.37. The molecule has 0 saturated heterocycles. The summed E-state index contributed by atoms with van der Waals surface area (Å²) < 4.78 is 0. The Labute approximate surface area is 113 Å². The van der Waals surface area contributed by atoms with Gasteiger partial charge in [0.1, 0.15) is 11.6 Å². The summed E-state index contributed by atoms with van der Waals surface area (Å²) in [4.78, 5) is 4.39. The van der Waals surface area contributed by atoms with Gasteiger partial charge in [0.15, 0.2) is 0 Å². The predicted octanol–water partition coefficient (Wildman–Crippen LogP) is 4.42. The second-order valence-electron chi connectivity index (χ2n) is 4.29. The first-order valence-electron chi connectivity index (χ1n) is 5.77. The lowest BCUT2D eigenvalue weighted by Crippen LogP contribution is -2.33. The van der Waals surface area contributed by atoms with Crippen LogP contribution in [0.2, 0.25) is 10.0 Å². The number of pyridine rings is 1. The van der Waals surface area contributed by atoms with Crippen molar-refractivity contribution in [2.24, 2.45) is 0 Å². The topological polar surface area (TPSA) is 37.0 Å². The van der Waals surface area contributed by atoms with Crippen LogP contribution in [0.1, 0.15) is 33.6 Å². The first kappa shape index (κ1) is 14.4. The van der Waals surface area contributed by atoms with Gasteiger partial charge in [0, 0.05) is 12.6 Å². The van der Waals surface area contributed by atoms with Crippen molar-refractivity contribution in [2.45, 2.75) is 39.2 Å². The number of halogens is 2. The van der Waals surface area contributed by atoms with Crippen LogP contribution in [0.15, 0.2) is 6.07 Å². The molecule has 0 radical (unpaired) electrons. The van der Waals surface area contributed by atoms with Crippen molar-refractivity contribution >= 4 is 34.8 Å². The number of nitrogens with zero attached hydrogens (tertiary/aromatic N) is 1. The zero-order valence-electron chi connectivity index (χ0n) is 10.7. The third-order valence-corrected chi connectivity index (χ3v) is 3.72. The summed E-state index contributed by atoms with van der Waals surface area (Å²) in [7, 11) is 1.78. The smallest absolute Gasteiger partial charge is 0.147 e. The van der Waals surface area contributed by atoms with E-state index in [1.165, 1.54) is 0 Å². The summed E-state index contributed by atoms with van der Waals surface area (Å²) in [6.45, 7) is 6.43. The zero-order chi connectivity index (χ0) is 13.1. The summed E-state index contributed by atoms with van der Waals surface area (Å²) in [6, 6.07) is 1.70. The van der Waals surface area contributed by atoms with E-state index in [9.17, 15) is 0 Å². The molecule has 96 valence electrons. The first-order valence-corrected chi connectivity index (χ1v) is 6.53. The lowest BCUT2D eigenvalue weighted by molar-refractivity contribution is 0.477. The lowest BCUT2D eigenvalue weighted by atomic mass is 9.96. The number of hydrogen-bond donors (Lipinski definition) is 2. The van der Waals surface area contributed by atoms with Crippen molar-refractivity contribution in [3.63, 3.8) is 0 Å². The number of hydrogen-bond acceptors (Lipinski definition) is 3. The van der Waals surface area contributed by atoms with Gasteiger partial charge < -0.3 is 10.6 Å². The molecular formula is C12H19Cl2N3. The molecule has 0 aliphatic carbocycles. The highest BCUT2D eigenvalue weighted by Crippen LogP contribution is 2.31. The summed E-state index contributed by atoms with van der Waals surface area (Å²) in [5.41, 5.74) is -0.00448. The molecule has 0 aliphatic heterocycles. The molecule has 0 unspecified atom stereocenters.